The molecule has 0 bridgehead atoms. The molecular weight excluding hydrogens is 877 g/mol. The van der Waals surface area contributed by atoms with E-state index in [9.17, 15) is 14.4 Å². The molecule has 408 valence electrons. The predicted molar refractivity (Wildman–Crippen MR) is 307 cm³/mol. The van der Waals surface area contributed by atoms with Gasteiger partial charge in [0.25, 0.3) is 0 Å². The number of carbonyl (C=O) groups excluding carboxylic acids is 3. The highest BCUT2D eigenvalue weighted by atomic mass is 16.6. The number of esters is 3. The van der Waals surface area contributed by atoms with Crippen molar-refractivity contribution in [2.45, 2.75) is 297 Å². The molecule has 0 aliphatic carbocycles. The van der Waals surface area contributed by atoms with Crippen LogP contribution < -0.4 is 0 Å². The molecule has 0 radical (unpaired) electrons. The molecule has 71 heavy (non-hydrogen) atoms. The Bertz CT molecular complexity index is 1370. The molecular formula is C65H112O6. The quantitative estimate of drug-likeness (QED) is 0.0261. The van der Waals surface area contributed by atoms with Crippen molar-refractivity contribution in [2.24, 2.45) is 0 Å². The van der Waals surface area contributed by atoms with Gasteiger partial charge in [0.05, 0.1) is 0 Å². The zero-order valence-electron chi connectivity index (χ0n) is 46.7. The number of rotatable bonds is 54. The summed E-state index contributed by atoms with van der Waals surface area (Å²) in [6, 6.07) is 0. The SMILES string of the molecule is CCCCC/C=C\C/C=C\C/C=C\C/C=C\C/C=C\CCC(=O)OC[C@H](COC(=O)CCCCCCCCC/C=C\CCCCCCCC)OC(=O)CCCCCCCCC/C=C\CCCCCCCC. The number of hydrogen-bond acceptors (Lipinski definition) is 6. The lowest BCUT2D eigenvalue weighted by Gasteiger charge is -2.18. The van der Waals surface area contributed by atoms with Crippen LogP contribution in [0.3, 0.4) is 0 Å². The molecule has 0 rings (SSSR count). The third-order valence-electron chi connectivity index (χ3n) is 12.9. The number of unbranched alkanes of at least 4 members (excludes halogenated alkanes) is 29. The minimum Gasteiger partial charge on any atom is -0.462 e. The highest BCUT2D eigenvalue weighted by Gasteiger charge is 2.19. The van der Waals surface area contributed by atoms with Crippen LogP contribution in [0, 0.1) is 0 Å². The molecule has 0 aliphatic rings. The topological polar surface area (TPSA) is 78.9 Å². The minimum absolute atomic E-state index is 0.103. The maximum absolute atomic E-state index is 12.9. The number of hydrogen-bond donors (Lipinski definition) is 0. The van der Waals surface area contributed by atoms with Gasteiger partial charge in [0.15, 0.2) is 6.10 Å². The van der Waals surface area contributed by atoms with Crippen molar-refractivity contribution in [1.29, 1.82) is 0 Å². The first-order valence-corrected chi connectivity index (χ1v) is 30.1. The molecule has 0 heterocycles. The van der Waals surface area contributed by atoms with Crippen molar-refractivity contribution in [1.82, 2.24) is 0 Å². The van der Waals surface area contributed by atoms with Gasteiger partial charge in [0, 0.05) is 19.3 Å². The van der Waals surface area contributed by atoms with E-state index in [-0.39, 0.29) is 37.5 Å². The Balaban J connectivity index is 4.50. The van der Waals surface area contributed by atoms with Crippen LogP contribution in [0.5, 0.6) is 0 Å². The van der Waals surface area contributed by atoms with Crippen LogP contribution in [0.25, 0.3) is 0 Å². The lowest BCUT2D eigenvalue weighted by molar-refractivity contribution is -0.166. The van der Waals surface area contributed by atoms with Gasteiger partial charge in [-0.15, -0.1) is 0 Å². The van der Waals surface area contributed by atoms with Gasteiger partial charge in [-0.05, 0) is 109 Å². The van der Waals surface area contributed by atoms with Crippen LogP contribution in [0.2, 0.25) is 0 Å². The highest BCUT2D eigenvalue weighted by molar-refractivity contribution is 5.71. The summed E-state index contributed by atoms with van der Waals surface area (Å²) in [4.78, 5) is 38.2. The fourth-order valence-corrected chi connectivity index (χ4v) is 8.30. The normalized spacial score (nSPS) is 12.7. The standard InChI is InChI=1S/C65H112O6/c1-4-7-10-13-16-19-22-25-28-31-32-35-37-40-43-46-49-52-55-58-64(67)70-61-62(71-65(68)59-56-53-50-47-44-41-38-34-30-27-24-21-18-15-12-9-6-3)60-69-63(66)57-54-51-48-45-42-39-36-33-29-26-23-20-17-14-11-8-5-2/h16,19,25-30,32,35,40,43,49,52,62H,4-15,17-18,20-24,31,33-34,36-39,41-42,44-48,50-51,53-61H2,1-3H3/b19-16-,28-25-,29-26-,30-27-,35-32-,43-40-,52-49-/t62-/m0/s1. The van der Waals surface area contributed by atoms with Gasteiger partial charge < -0.3 is 14.2 Å². The average Bonchev–Trinajstić information content (AvgIpc) is 3.37. The molecule has 0 saturated heterocycles. The summed E-state index contributed by atoms with van der Waals surface area (Å²) in [6.07, 6.45) is 77.3. The van der Waals surface area contributed by atoms with Crippen molar-refractivity contribution >= 4 is 17.9 Å². The molecule has 0 unspecified atom stereocenters. The first-order chi connectivity index (χ1) is 35.0. The summed E-state index contributed by atoms with van der Waals surface area (Å²) in [7, 11) is 0. The zero-order chi connectivity index (χ0) is 51.4. The van der Waals surface area contributed by atoms with E-state index in [1.807, 2.05) is 6.08 Å². The number of ether oxygens (including phenoxy) is 3. The van der Waals surface area contributed by atoms with E-state index >= 15 is 0 Å². The van der Waals surface area contributed by atoms with Crippen LogP contribution in [-0.4, -0.2) is 37.2 Å². The van der Waals surface area contributed by atoms with Gasteiger partial charge in [0.2, 0.25) is 0 Å². The summed E-state index contributed by atoms with van der Waals surface area (Å²) in [5.74, 6) is -0.990. The lowest BCUT2D eigenvalue weighted by Crippen LogP contribution is -2.30. The summed E-state index contributed by atoms with van der Waals surface area (Å²) >= 11 is 0. The second-order valence-electron chi connectivity index (χ2n) is 19.9. The smallest absolute Gasteiger partial charge is 0.306 e. The maximum Gasteiger partial charge on any atom is 0.306 e. The van der Waals surface area contributed by atoms with Crippen molar-refractivity contribution in [3.8, 4) is 0 Å². The molecule has 0 aromatic heterocycles. The van der Waals surface area contributed by atoms with Gasteiger partial charge in [-0.1, -0.05) is 247 Å². The van der Waals surface area contributed by atoms with Gasteiger partial charge in [-0.2, -0.15) is 0 Å². The fraction of sp³-hybridized carbons (Fsp3) is 0.738. The average molecular weight is 990 g/mol. The monoisotopic (exact) mass is 989 g/mol. The molecule has 0 aromatic carbocycles. The van der Waals surface area contributed by atoms with E-state index in [0.29, 0.717) is 19.3 Å². The molecule has 6 nitrogen and oxygen atoms in total. The van der Waals surface area contributed by atoms with Crippen LogP contribution in [0.4, 0.5) is 0 Å². The Labute approximate surface area is 439 Å². The van der Waals surface area contributed by atoms with E-state index in [1.54, 1.807) is 0 Å². The van der Waals surface area contributed by atoms with E-state index in [1.165, 1.54) is 180 Å². The third-order valence-corrected chi connectivity index (χ3v) is 12.9. The van der Waals surface area contributed by atoms with Gasteiger partial charge in [-0.3, -0.25) is 14.4 Å². The van der Waals surface area contributed by atoms with Crippen molar-refractivity contribution < 1.29 is 28.6 Å². The van der Waals surface area contributed by atoms with E-state index < -0.39 is 6.10 Å². The first-order valence-electron chi connectivity index (χ1n) is 30.1. The minimum atomic E-state index is -0.811. The largest absolute Gasteiger partial charge is 0.462 e. The molecule has 1 atom stereocenters. The molecule has 0 N–H and O–H groups in total. The second kappa shape index (κ2) is 59.2. The summed E-state index contributed by atoms with van der Waals surface area (Å²) in [5, 5.41) is 0. The Morgan fingerprint density at radius 3 is 0.915 bits per heavy atom. The van der Waals surface area contributed by atoms with Crippen LogP contribution in [0.15, 0.2) is 85.1 Å². The Hall–Kier alpha value is -3.41. The van der Waals surface area contributed by atoms with E-state index in [2.05, 4.69) is 99.8 Å². The summed E-state index contributed by atoms with van der Waals surface area (Å²) in [5.41, 5.74) is 0. The van der Waals surface area contributed by atoms with Gasteiger partial charge in [-0.25, -0.2) is 0 Å². The van der Waals surface area contributed by atoms with Crippen molar-refractivity contribution in [3.05, 3.63) is 85.1 Å². The van der Waals surface area contributed by atoms with E-state index in [0.717, 1.165) is 64.2 Å². The third kappa shape index (κ3) is 57.4. The Morgan fingerprint density at radius 2 is 0.535 bits per heavy atom. The lowest BCUT2D eigenvalue weighted by atomic mass is 10.1. The summed E-state index contributed by atoms with van der Waals surface area (Å²) in [6.45, 7) is 6.55. The van der Waals surface area contributed by atoms with Crippen molar-refractivity contribution in [2.75, 3.05) is 13.2 Å². The van der Waals surface area contributed by atoms with Crippen LogP contribution in [-0.2, 0) is 28.6 Å². The van der Waals surface area contributed by atoms with Crippen molar-refractivity contribution in [3.63, 3.8) is 0 Å². The summed E-state index contributed by atoms with van der Waals surface area (Å²) < 4.78 is 16.8. The fourth-order valence-electron chi connectivity index (χ4n) is 8.30. The Kier molecular flexibility index (Phi) is 56.3. The molecule has 0 amide bonds. The number of carbonyl (C=O) groups is 3. The van der Waals surface area contributed by atoms with E-state index in [4.69, 9.17) is 14.2 Å². The molecule has 6 heteroatoms. The zero-order valence-corrected chi connectivity index (χ0v) is 46.7. The molecule has 0 saturated carbocycles. The van der Waals surface area contributed by atoms with Crippen LogP contribution in [0.1, 0.15) is 290 Å². The molecule has 0 fully saturated rings. The maximum atomic E-state index is 12.9. The second-order valence-corrected chi connectivity index (χ2v) is 19.9. The molecule has 0 spiro atoms. The van der Waals surface area contributed by atoms with Crippen LogP contribution >= 0.6 is 0 Å². The number of allylic oxidation sites excluding steroid dienone is 14. The first kappa shape index (κ1) is 67.6. The van der Waals surface area contributed by atoms with Gasteiger partial charge in [0.1, 0.15) is 13.2 Å². The highest BCUT2D eigenvalue weighted by Crippen LogP contribution is 2.15. The molecule has 0 aromatic rings. The van der Waals surface area contributed by atoms with Gasteiger partial charge >= 0.3 is 17.9 Å². The predicted octanol–water partition coefficient (Wildman–Crippen LogP) is 20.3. The molecule has 0 aliphatic heterocycles. The Morgan fingerprint density at radius 1 is 0.282 bits per heavy atom.